The first-order valence-corrected chi connectivity index (χ1v) is 7.40. The van der Waals surface area contributed by atoms with E-state index in [1.165, 1.54) is 48.0 Å². The molecule has 3 aromatic rings. The van der Waals surface area contributed by atoms with Gasteiger partial charge in [0.25, 0.3) is 17.2 Å². The topological polar surface area (TPSA) is 107 Å². The number of non-ortho nitro benzene ring substituents is 1. The van der Waals surface area contributed by atoms with Gasteiger partial charge in [0.15, 0.2) is 0 Å². The number of hydrogen-bond acceptors (Lipinski definition) is 5. The molecule has 8 nitrogen and oxygen atoms in total. The van der Waals surface area contributed by atoms with Gasteiger partial charge >= 0.3 is 0 Å². The molecule has 0 spiro atoms. The van der Waals surface area contributed by atoms with E-state index in [0.717, 1.165) is 0 Å². The van der Waals surface area contributed by atoms with Gasteiger partial charge in [0.1, 0.15) is 5.69 Å². The predicted octanol–water partition coefficient (Wildman–Crippen LogP) is 2.40. The summed E-state index contributed by atoms with van der Waals surface area (Å²) in [6, 6.07) is 10.3. The van der Waals surface area contributed by atoms with Crippen LogP contribution in [0.2, 0.25) is 0 Å². The SMILES string of the molecule is Cc1cc(NC(=O)c2cccc(=O)n2C)c2cc([N+](=O)[O-])ccc2n1. The quantitative estimate of drug-likeness (QED) is 0.583. The lowest BCUT2D eigenvalue weighted by atomic mass is 10.1. The summed E-state index contributed by atoms with van der Waals surface area (Å²) in [7, 11) is 1.50. The molecule has 25 heavy (non-hydrogen) atoms. The van der Waals surface area contributed by atoms with E-state index in [1.807, 2.05) is 0 Å². The number of rotatable bonds is 3. The molecule has 8 heteroatoms. The molecule has 0 radical (unpaired) electrons. The van der Waals surface area contributed by atoms with Gasteiger partial charge in [-0.05, 0) is 25.1 Å². The molecule has 1 amide bonds. The molecule has 0 fully saturated rings. The second-order valence-electron chi connectivity index (χ2n) is 5.53. The first-order chi connectivity index (χ1) is 11.9. The number of nitrogens with one attached hydrogen (secondary N) is 1. The van der Waals surface area contributed by atoms with Crippen LogP contribution >= 0.6 is 0 Å². The maximum absolute atomic E-state index is 12.5. The van der Waals surface area contributed by atoms with Crippen molar-refractivity contribution in [3.05, 3.63) is 74.3 Å². The monoisotopic (exact) mass is 338 g/mol. The fraction of sp³-hybridized carbons (Fsp3) is 0.118. The number of aryl methyl sites for hydroxylation is 1. The number of nitro groups is 1. The number of nitro benzene ring substituents is 1. The summed E-state index contributed by atoms with van der Waals surface area (Å²) in [6.07, 6.45) is 0. The lowest BCUT2D eigenvalue weighted by Crippen LogP contribution is -2.25. The molecular weight excluding hydrogens is 324 g/mol. The van der Waals surface area contributed by atoms with Gasteiger partial charge in [0.2, 0.25) is 0 Å². The molecule has 0 unspecified atom stereocenters. The Kier molecular flexibility index (Phi) is 4.02. The van der Waals surface area contributed by atoms with E-state index >= 15 is 0 Å². The summed E-state index contributed by atoms with van der Waals surface area (Å²) >= 11 is 0. The number of aromatic nitrogens is 2. The summed E-state index contributed by atoms with van der Waals surface area (Å²) in [5, 5.41) is 14.2. The number of pyridine rings is 2. The van der Waals surface area contributed by atoms with Gasteiger partial charge in [0.05, 0.1) is 16.1 Å². The smallest absolute Gasteiger partial charge is 0.272 e. The van der Waals surface area contributed by atoms with Crippen molar-refractivity contribution in [2.24, 2.45) is 7.05 Å². The van der Waals surface area contributed by atoms with Gasteiger partial charge in [-0.3, -0.25) is 24.7 Å². The maximum Gasteiger partial charge on any atom is 0.272 e. The molecule has 0 aliphatic rings. The van der Waals surface area contributed by atoms with Crippen LogP contribution in [0.15, 0.2) is 47.3 Å². The predicted molar refractivity (Wildman–Crippen MR) is 92.8 cm³/mol. The molecule has 2 heterocycles. The van der Waals surface area contributed by atoms with E-state index in [9.17, 15) is 19.7 Å². The van der Waals surface area contributed by atoms with Crippen LogP contribution in [-0.4, -0.2) is 20.4 Å². The van der Waals surface area contributed by atoms with Gasteiger partial charge in [-0.15, -0.1) is 0 Å². The lowest BCUT2D eigenvalue weighted by molar-refractivity contribution is -0.384. The Morgan fingerprint density at radius 1 is 1.24 bits per heavy atom. The second-order valence-corrected chi connectivity index (χ2v) is 5.53. The van der Waals surface area contributed by atoms with Crippen LogP contribution in [-0.2, 0) is 7.05 Å². The molecule has 0 saturated heterocycles. The molecule has 0 saturated carbocycles. The molecule has 0 aliphatic carbocycles. The number of fused-ring (bicyclic) bond motifs is 1. The van der Waals surface area contributed by atoms with E-state index in [4.69, 9.17) is 0 Å². The zero-order valence-electron chi connectivity index (χ0n) is 13.5. The zero-order chi connectivity index (χ0) is 18.1. The Labute approximate surface area is 141 Å². The van der Waals surface area contributed by atoms with Crippen molar-refractivity contribution in [1.82, 2.24) is 9.55 Å². The first kappa shape index (κ1) is 16.3. The van der Waals surface area contributed by atoms with Gasteiger partial charge in [0, 0.05) is 36.3 Å². The van der Waals surface area contributed by atoms with Crippen LogP contribution in [0.25, 0.3) is 10.9 Å². The maximum atomic E-state index is 12.5. The summed E-state index contributed by atoms with van der Waals surface area (Å²) in [4.78, 5) is 39.0. The van der Waals surface area contributed by atoms with Gasteiger partial charge in [-0.25, -0.2) is 0 Å². The number of carbonyl (C=O) groups excluding carboxylic acids is 1. The average Bonchev–Trinajstić information content (AvgIpc) is 2.56. The molecule has 2 aromatic heterocycles. The van der Waals surface area contributed by atoms with Crippen molar-refractivity contribution in [2.45, 2.75) is 6.92 Å². The van der Waals surface area contributed by atoms with Gasteiger partial charge < -0.3 is 9.88 Å². The van der Waals surface area contributed by atoms with E-state index in [1.54, 1.807) is 13.0 Å². The van der Waals surface area contributed by atoms with Crippen molar-refractivity contribution in [3.8, 4) is 0 Å². The Balaban J connectivity index is 2.10. The highest BCUT2D eigenvalue weighted by Crippen LogP contribution is 2.27. The van der Waals surface area contributed by atoms with Crippen molar-refractivity contribution in [3.63, 3.8) is 0 Å². The highest BCUT2D eigenvalue weighted by atomic mass is 16.6. The Hall–Kier alpha value is -3.55. The number of carbonyl (C=O) groups is 1. The van der Waals surface area contributed by atoms with Crippen LogP contribution in [0.1, 0.15) is 16.2 Å². The Morgan fingerprint density at radius 2 is 2.00 bits per heavy atom. The third-order valence-electron chi connectivity index (χ3n) is 3.80. The lowest BCUT2D eigenvalue weighted by Gasteiger charge is -2.11. The summed E-state index contributed by atoms with van der Waals surface area (Å²) in [5.74, 6) is -0.487. The van der Waals surface area contributed by atoms with Crippen molar-refractivity contribution < 1.29 is 9.72 Å². The highest BCUT2D eigenvalue weighted by Gasteiger charge is 2.15. The molecule has 0 atom stereocenters. The highest BCUT2D eigenvalue weighted by molar-refractivity contribution is 6.08. The van der Waals surface area contributed by atoms with Crippen LogP contribution in [0.4, 0.5) is 11.4 Å². The molecule has 1 N–H and O–H groups in total. The van der Waals surface area contributed by atoms with Crippen LogP contribution in [0, 0.1) is 17.0 Å². The van der Waals surface area contributed by atoms with E-state index < -0.39 is 10.8 Å². The molecular formula is C17H14N4O4. The van der Waals surface area contributed by atoms with Gasteiger partial charge in [-0.2, -0.15) is 0 Å². The molecule has 0 aliphatic heterocycles. The number of benzene rings is 1. The fourth-order valence-corrected chi connectivity index (χ4v) is 2.54. The summed E-state index contributed by atoms with van der Waals surface area (Å²) in [6.45, 7) is 1.76. The number of anilines is 1. The molecule has 126 valence electrons. The molecule has 0 bridgehead atoms. The minimum atomic E-state index is -0.508. The first-order valence-electron chi connectivity index (χ1n) is 7.40. The number of amides is 1. The Morgan fingerprint density at radius 3 is 2.72 bits per heavy atom. The minimum Gasteiger partial charge on any atom is -0.320 e. The van der Waals surface area contributed by atoms with Gasteiger partial charge in [-0.1, -0.05) is 6.07 Å². The third-order valence-corrected chi connectivity index (χ3v) is 3.80. The van der Waals surface area contributed by atoms with Crippen LogP contribution in [0.5, 0.6) is 0 Å². The zero-order valence-corrected chi connectivity index (χ0v) is 13.5. The summed E-state index contributed by atoms with van der Waals surface area (Å²) < 4.78 is 1.23. The van der Waals surface area contributed by atoms with E-state index in [2.05, 4.69) is 10.3 Å². The molecule has 3 rings (SSSR count). The second kappa shape index (κ2) is 6.16. The largest absolute Gasteiger partial charge is 0.320 e. The van der Waals surface area contributed by atoms with E-state index in [0.29, 0.717) is 22.3 Å². The number of nitrogens with zero attached hydrogens (tertiary/aromatic N) is 3. The average molecular weight is 338 g/mol. The van der Waals surface area contributed by atoms with Crippen molar-refractivity contribution in [1.29, 1.82) is 0 Å². The fourth-order valence-electron chi connectivity index (χ4n) is 2.54. The normalized spacial score (nSPS) is 10.6. The van der Waals surface area contributed by atoms with E-state index in [-0.39, 0.29) is 16.9 Å². The van der Waals surface area contributed by atoms with Crippen molar-refractivity contribution in [2.75, 3.05) is 5.32 Å². The van der Waals surface area contributed by atoms with Crippen LogP contribution < -0.4 is 10.9 Å². The standard InChI is InChI=1S/C17H14N4O4/c1-10-8-14(12-9-11(21(24)25)6-7-13(12)18-10)19-17(23)15-4-3-5-16(22)20(15)2/h3-9H,1-2H3,(H,18,19,23). The third kappa shape index (κ3) is 3.09. The molecule has 1 aromatic carbocycles. The number of hydrogen-bond donors (Lipinski definition) is 1. The Bertz CT molecular complexity index is 1070. The van der Waals surface area contributed by atoms with Crippen LogP contribution in [0.3, 0.4) is 0 Å². The summed E-state index contributed by atoms with van der Waals surface area (Å²) in [5.41, 5.74) is 1.36. The minimum absolute atomic E-state index is 0.0965. The van der Waals surface area contributed by atoms with Crippen molar-refractivity contribution >= 4 is 28.2 Å².